The van der Waals surface area contributed by atoms with Gasteiger partial charge in [0.25, 0.3) is 0 Å². The molecule has 1 aromatic rings. The van der Waals surface area contributed by atoms with Gasteiger partial charge in [0, 0.05) is 18.2 Å². The number of amides is 1. The van der Waals surface area contributed by atoms with Crippen molar-refractivity contribution < 1.29 is 4.79 Å². The molecule has 3 N–H and O–H groups in total. The summed E-state index contributed by atoms with van der Waals surface area (Å²) in [4.78, 5) is 11.4. The van der Waals surface area contributed by atoms with Crippen molar-refractivity contribution in [3.05, 3.63) is 29.8 Å². The summed E-state index contributed by atoms with van der Waals surface area (Å²) in [6.45, 7) is 0. The second-order valence-electron chi connectivity index (χ2n) is 4.46. The summed E-state index contributed by atoms with van der Waals surface area (Å²) < 4.78 is 0. The molecule has 1 aromatic carbocycles. The van der Waals surface area contributed by atoms with Crippen molar-refractivity contribution in [2.75, 3.05) is 5.73 Å². The summed E-state index contributed by atoms with van der Waals surface area (Å²) >= 11 is 0. The summed E-state index contributed by atoms with van der Waals surface area (Å²) in [7, 11) is 0. The van der Waals surface area contributed by atoms with Gasteiger partial charge in [0.2, 0.25) is 5.91 Å². The molecule has 1 heterocycles. The summed E-state index contributed by atoms with van der Waals surface area (Å²) in [6, 6.07) is 8.18. The zero-order chi connectivity index (χ0) is 11.4. The van der Waals surface area contributed by atoms with Crippen molar-refractivity contribution in [3.63, 3.8) is 0 Å². The van der Waals surface area contributed by atoms with Gasteiger partial charge in [-0.1, -0.05) is 18.6 Å². The van der Waals surface area contributed by atoms with E-state index in [1.54, 1.807) is 0 Å². The van der Waals surface area contributed by atoms with E-state index in [9.17, 15) is 4.79 Å². The maximum Gasteiger partial charge on any atom is 0.220 e. The first-order valence-corrected chi connectivity index (χ1v) is 5.88. The number of nitrogens with two attached hydrogens (primary N) is 1. The number of nitrogen functional groups attached to an aromatic ring is 1. The predicted octanol–water partition coefficient (Wildman–Crippen LogP) is 1.87. The van der Waals surface area contributed by atoms with Gasteiger partial charge in [-0.05, 0) is 37.0 Å². The van der Waals surface area contributed by atoms with Crippen molar-refractivity contribution in [1.82, 2.24) is 5.32 Å². The quantitative estimate of drug-likeness (QED) is 0.744. The Labute approximate surface area is 96.0 Å². The number of carbonyl (C=O) groups is 1. The van der Waals surface area contributed by atoms with Crippen molar-refractivity contribution in [2.45, 2.75) is 38.1 Å². The largest absolute Gasteiger partial charge is 0.399 e. The van der Waals surface area contributed by atoms with Crippen LogP contribution in [0.1, 0.15) is 31.2 Å². The first kappa shape index (κ1) is 11.0. The van der Waals surface area contributed by atoms with E-state index in [0.29, 0.717) is 12.5 Å². The van der Waals surface area contributed by atoms with Gasteiger partial charge < -0.3 is 11.1 Å². The molecular weight excluding hydrogens is 200 g/mol. The molecule has 0 bridgehead atoms. The SMILES string of the molecule is Nc1ccc(CC2CCCCC(=O)N2)cc1. The first-order valence-electron chi connectivity index (χ1n) is 5.88. The molecule has 1 saturated heterocycles. The van der Waals surface area contributed by atoms with Gasteiger partial charge in [-0.15, -0.1) is 0 Å². The molecule has 0 aromatic heterocycles. The topological polar surface area (TPSA) is 55.1 Å². The van der Waals surface area contributed by atoms with Crippen LogP contribution in [0, 0.1) is 0 Å². The Balaban J connectivity index is 1.97. The highest BCUT2D eigenvalue weighted by Crippen LogP contribution is 2.14. The van der Waals surface area contributed by atoms with Gasteiger partial charge in [-0.25, -0.2) is 0 Å². The minimum absolute atomic E-state index is 0.193. The first-order chi connectivity index (χ1) is 7.74. The summed E-state index contributed by atoms with van der Waals surface area (Å²) in [6.07, 6.45) is 4.82. The predicted molar refractivity (Wildman–Crippen MR) is 65.0 cm³/mol. The van der Waals surface area contributed by atoms with Crippen LogP contribution >= 0.6 is 0 Å². The van der Waals surface area contributed by atoms with Crippen molar-refractivity contribution in [1.29, 1.82) is 0 Å². The van der Waals surface area contributed by atoms with Crippen molar-refractivity contribution in [3.8, 4) is 0 Å². The Morgan fingerprint density at radius 3 is 2.75 bits per heavy atom. The number of carbonyl (C=O) groups excluding carboxylic acids is 1. The standard InChI is InChI=1S/C13H18N2O/c14-11-7-5-10(6-8-11)9-12-3-1-2-4-13(16)15-12/h5-8,12H,1-4,9,14H2,(H,15,16). The molecule has 1 unspecified atom stereocenters. The normalized spacial score (nSPS) is 21.2. The van der Waals surface area contributed by atoms with Gasteiger partial charge in [-0.2, -0.15) is 0 Å². The third-order valence-electron chi connectivity index (χ3n) is 3.03. The molecule has 0 saturated carbocycles. The van der Waals surface area contributed by atoms with E-state index < -0.39 is 0 Å². The number of hydrogen-bond donors (Lipinski definition) is 2. The minimum Gasteiger partial charge on any atom is -0.399 e. The highest BCUT2D eigenvalue weighted by molar-refractivity contribution is 5.76. The second-order valence-corrected chi connectivity index (χ2v) is 4.46. The Hall–Kier alpha value is -1.51. The smallest absolute Gasteiger partial charge is 0.220 e. The number of benzene rings is 1. The molecule has 0 radical (unpaired) electrons. The van der Waals surface area contributed by atoms with Gasteiger partial charge in [0.05, 0.1) is 0 Å². The molecule has 1 aliphatic rings. The summed E-state index contributed by atoms with van der Waals surface area (Å²) in [5.74, 6) is 0.193. The van der Waals surface area contributed by atoms with E-state index in [1.807, 2.05) is 24.3 Å². The highest BCUT2D eigenvalue weighted by Gasteiger charge is 2.16. The number of hydrogen-bond acceptors (Lipinski definition) is 2. The molecule has 2 rings (SSSR count). The van der Waals surface area contributed by atoms with E-state index >= 15 is 0 Å². The lowest BCUT2D eigenvalue weighted by atomic mass is 10.0. The van der Waals surface area contributed by atoms with Crippen molar-refractivity contribution in [2.24, 2.45) is 0 Å². The zero-order valence-electron chi connectivity index (χ0n) is 9.41. The lowest BCUT2D eigenvalue weighted by Gasteiger charge is -2.15. The molecule has 1 atom stereocenters. The maximum absolute atomic E-state index is 11.4. The van der Waals surface area contributed by atoms with Gasteiger partial charge >= 0.3 is 0 Å². The number of nitrogens with one attached hydrogen (secondary N) is 1. The second kappa shape index (κ2) is 5.01. The molecule has 86 valence electrons. The average molecular weight is 218 g/mol. The fraction of sp³-hybridized carbons (Fsp3) is 0.462. The third kappa shape index (κ3) is 2.99. The monoisotopic (exact) mass is 218 g/mol. The zero-order valence-corrected chi connectivity index (χ0v) is 9.41. The van der Waals surface area contributed by atoms with Crippen LogP contribution in [0.25, 0.3) is 0 Å². The summed E-state index contributed by atoms with van der Waals surface area (Å²) in [5.41, 5.74) is 7.66. The number of rotatable bonds is 2. The van der Waals surface area contributed by atoms with Crippen LogP contribution in [0.5, 0.6) is 0 Å². The molecular formula is C13H18N2O. The third-order valence-corrected chi connectivity index (χ3v) is 3.03. The lowest BCUT2D eigenvalue weighted by molar-refractivity contribution is -0.121. The maximum atomic E-state index is 11.4. The highest BCUT2D eigenvalue weighted by atomic mass is 16.1. The van der Waals surface area contributed by atoms with Crippen LogP contribution in [-0.2, 0) is 11.2 Å². The van der Waals surface area contributed by atoms with Crippen molar-refractivity contribution >= 4 is 11.6 Å². The van der Waals surface area contributed by atoms with Gasteiger partial charge in [-0.3, -0.25) is 4.79 Å². The average Bonchev–Trinajstić information content (AvgIpc) is 2.46. The Kier molecular flexibility index (Phi) is 3.44. The van der Waals surface area contributed by atoms with Gasteiger partial charge in [0.15, 0.2) is 0 Å². The Morgan fingerprint density at radius 2 is 2.00 bits per heavy atom. The molecule has 1 amide bonds. The number of anilines is 1. The van der Waals surface area contributed by atoms with Gasteiger partial charge in [0.1, 0.15) is 0 Å². The molecule has 3 heteroatoms. The fourth-order valence-electron chi connectivity index (χ4n) is 2.14. The van der Waals surface area contributed by atoms with E-state index in [4.69, 9.17) is 5.73 Å². The van der Waals surface area contributed by atoms with Crippen LogP contribution in [0.15, 0.2) is 24.3 Å². The molecule has 1 aliphatic heterocycles. The van der Waals surface area contributed by atoms with E-state index in [2.05, 4.69) is 5.32 Å². The van der Waals surface area contributed by atoms with Crippen LogP contribution in [-0.4, -0.2) is 11.9 Å². The van der Waals surface area contributed by atoms with E-state index in [0.717, 1.165) is 31.4 Å². The summed E-state index contributed by atoms with van der Waals surface area (Å²) in [5, 5.41) is 3.07. The molecule has 0 aliphatic carbocycles. The molecule has 16 heavy (non-hydrogen) atoms. The van der Waals surface area contributed by atoms with Crippen LogP contribution < -0.4 is 11.1 Å². The van der Waals surface area contributed by atoms with Crippen LogP contribution in [0.2, 0.25) is 0 Å². The van der Waals surface area contributed by atoms with Crippen LogP contribution in [0.3, 0.4) is 0 Å². The van der Waals surface area contributed by atoms with E-state index in [1.165, 1.54) is 5.56 Å². The van der Waals surface area contributed by atoms with E-state index in [-0.39, 0.29) is 5.91 Å². The Morgan fingerprint density at radius 1 is 1.25 bits per heavy atom. The molecule has 3 nitrogen and oxygen atoms in total. The minimum atomic E-state index is 0.193. The Bertz CT molecular complexity index is 359. The fourth-order valence-corrected chi connectivity index (χ4v) is 2.14. The molecule has 1 fully saturated rings. The lowest BCUT2D eigenvalue weighted by Crippen LogP contribution is -2.34. The molecule has 0 spiro atoms. The van der Waals surface area contributed by atoms with Crippen LogP contribution in [0.4, 0.5) is 5.69 Å².